The second-order valence-electron chi connectivity index (χ2n) is 6.00. The first-order valence-corrected chi connectivity index (χ1v) is 8.79. The van der Waals surface area contributed by atoms with Crippen LogP contribution in [0.5, 0.6) is 0 Å². The molecule has 1 aromatic heterocycles. The van der Waals surface area contributed by atoms with Crippen molar-refractivity contribution >= 4 is 46.5 Å². The van der Waals surface area contributed by atoms with Crippen molar-refractivity contribution < 1.29 is 32.0 Å². The van der Waals surface area contributed by atoms with E-state index in [2.05, 4.69) is 9.89 Å². The Bertz CT molecular complexity index is 964. The molecule has 28 heavy (non-hydrogen) atoms. The van der Waals surface area contributed by atoms with Gasteiger partial charge in [-0.2, -0.15) is 13.2 Å². The number of nitrogens with zero attached hydrogens (tertiary/aromatic N) is 1. The normalized spacial score (nSPS) is 19.4. The standard InChI is InChI=1S/C17H11Cl3F3NO4/c1-7-3-12(27-14(7)15(25)26-2)11-6-16(28-24-11,17(21,22)23)8-4-9(18)13(20)10(19)5-8/h3-5H,6H2,1-2H3. The predicted molar refractivity (Wildman–Crippen MR) is 96.2 cm³/mol. The number of hydrogen-bond donors (Lipinski definition) is 0. The Kier molecular flexibility index (Phi) is 5.33. The van der Waals surface area contributed by atoms with Crippen LogP contribution in [0.2, 0.25) is 15.1 Å². The Morgan fingerprint density at radius 3 is 2.36 bits per heavy atom. The van der Waals surface area contributed by atoms with Crippen molar-refractivity contribution in [3.63, 3.8) is 0 Å². The first-order chi connectivity index (χ1) is 13.0. The van der Waals surface area contributed by atoms with Crippen LogP contribution in [-0.2, 0) is 15.2 Å². The van der Waals surface area contributed by atoms with Crippen molar-refractivity contribution in [2.75, 3.05) is 7.11 Å². The molecule has 0 saturated heterocycles. The third kappa shape index (κ3) is 3.33. The Balaban J connectivity index is 2.03. The Hall–Kier alpha value is -1.90. The lowest BCUT2D eigenvalue weighted by Crippen LogP contribution is -2.42. The summed E-state index contributed by atoms with van der Waals surface area (Å²) in [5.41, 5.74) is -2.97. The number of carbonyl (C=O) groups is 1. The second kappa shape index (κ2) is 7.17. The summed E-state index contributed by atoms with van der Waals surface area (Å²) in [7, 11) is 1.16. The zero-order valence-corrected chi connectivity index (χ0v) is 16.6. The molecule has 2 heterocycles. The summed E-state index contributed by atoms with van der Waals surface area (Å²) in [6.07, 6.45) is -5.59. The zero-order valence-electron chi connectivity index (χ0n) is 14.3. The highest BCUT2D eigenvalue weighted by atomic mass is 35.5. The molecule has 0 radical (unpaired) electrons. The average molecular weight is 457 g/mol. The summed E-state index contributed by atoms with van der Waals surface area (Å²) in [4.78, 5) is 16.5. The molecule has 0 N–H and O–H groups in total. The van der Waals surface area contributed by atoms with Crippen LogP contribution in [0.3, 0.4) is 0 Å². The minimum atomic E-state index is -4.87. The van der Waals surface area contributed by atoms with Gasteiger partial charge in [0.2, 0.25) is 5.76 Å². The van der Waals surface area contributed by atoms with E-state index >= 15 is 0 Å². The van der Waals surface area contributed by atoms with E-state index in [9.17, 15) is 18.0 Å². The zero-order chi connectivity index (χ0) is 20.9. The highest BCUT2D eigenvalue weighted by molar-refractivity contribution is 6.48. The molecule has 0 saturated carbocycles. The van der Waals surface area contributed by atoms with Gasteiger partial charge in [0, 0.05) is 11.1 Å². The van der Waals surface area contributed by atoms with Crippen LogP contribution in [0, 0.1) is 6.92 Å². The maximum absolute atomic E-state index is 14.0. The monoisotopic (exact) mass is 455 g/mol. The van der Waals surface area contributed by atoms with Crippen molar-refractivity contribution in [1.29, 1.82) is 0 Å². The van der Waals surface area contributed by atoms with Crippen LogP contribution in [0.4, 0.5) is 13.2 Å². The first-order valence-electron chi connectivity index (χ1n) is 7.66. The molecule has 5 nitrogen and oxygen atoms in total. The average Bonchev–Trinajstić information content (AvgIpc) is 3.23. The van der Waals surface area contributed by atoms with Gasteiger partial charge in [0.05, 0.1) is 28.6 Å². The highest BCUT2D eigenvalue weighted by Crippen LogP contribution is 2.50. The second-order valence-corrected chi connectivity index (χ2v) is 7.19. The smallest absolute Gasteiger partial charge is 0.435 e. The van der Waals surface area contributed by atoms with Gasteiger partial charge in [-0.1, -0.05) is 40.0 Å². The maximum atomic E-state index is 14.0. The molecule has 1 unspecified atom stereocenters. The molecule has 0 spiro atoms. The number of oxime groups is 1. The minimum Gasteiger partial charge on any atom is -0.463 e. The largest absolute Gasteiger partial charge is 0.463 e. The first kappa shape index (κ1) is 20.8. The highest BCUT2D eigenvalue weighted by Gasteiger charge is 2.63. The van der Waals surface area contributed by atoms with Gasteiger partial charge in [0.15, 0.2) is 5.76 Å². The lowest BCUT2D eigenvalue weighted by Gasteiger charge is -2.29. The number of ether oxygens (including phenoxy) is 1. The van der Waals surface area contributed by atoms with E-state index in [4.69, 9.17) is 44.1 Å². The third-order valence-electron chi connectivity index (χ3n) is 4.21. The van der Waals surface area contributed by atoms with Crippen LogP contribution in [-0.4, -0.2) is 25.0 Å². The van der Waals surface area contributed by atoms with E-state index < -0.39 is 24.2 Å². The lowest BCUT2D eigenvalue weighted by atomic mass is 9.87. The minimum absolute atomic E-state index is 0.0461. The topological polar surface area (TPSA) is 61.0 Å². The van der Waals surface area contributed by atoms with Gasteiger partial charge in [-0.25, -0.2) is 4.79 Å². The molecule has 3 rings (SSSR count). The molecule has 1 aliphatic heterocycles. The Morgan fingerprint density at radius 1 is 1.21 bits per heavy atom. The molecule has 0 amide bonds. The fourth-order valence-electron chi connectivity index (χ4n) is 2.74. The van der Waals surface area contributed by atoms with E-state index in [0.717, 1.165) is 19.2 Å². The number of esters is 1. The van der Waals surface area contributed by atoms with E-state index in [1.165, 1.54) is 6.07 Å². The number of methoxy groups -OCH3 is 1. The summed E-state index contributed by atoms with van der Waals surface area (Å²) in [6.45, 7) is 1.55. The van der Waals surface area contributed by atoms with Gasteiger partial charge < -0.3 is 14.0 Å². The quantitative estimate of drug-likeness (QED) is 0.425. The summed E-state index contributed by atoms with van der Waals surface area (Å²) in [6, 6.07) is 3.42. The molecule has 11 heteroatoms. The summed E-state index contributed by atoms with van der Waals surface area (Å²) >= 11 is 17.6. The molecular weight excluding hydrogens is 446 g/mol. The molecule has 1 aromatic carbocycles. The van der Waals surface area contributed by atoms with Crippen LogP contribution in [0.15, 0.2) is 27.8 Å². The van der Waals surface area contributed by atoms with Crippen LogP contribution in [0.25, 0.3) is 0 Å². The van der Waals surface area contributed by atoms with Crippen molar-refractivity contribution in [3.05, 3.63) is 55.9 Å². The fraction of sp³-hybridized carbons (Fsp3) is 0.294. The third-order valence-corrected chi connectivity index (χ3v) is 5.41. The summed E-state index contributed by atoms with van der Waals surface area (Å²) in [5.74, 6) is -0.945. The summed E-state index contributed by atoms with van der Waals surface area (Å²) < 4.78 is 51.9. The van der Waals surface area contributed by atoms with Gasteiger partial charge in [-0.05, 0) is 25.1 Å². The van der Waals surface area contributed by atoms with Crippen LogP contribution < -0.4 is 0 Å². The predicted octanol–water partition coefficient (Wildman–Crippen LogP) is 5.92. The molecule has 1 aliphatic rings. The van der Waals surface area contributed by atoms with E-state index in [0.29, 0.717) is 5.56 Å². The van der Waals surface area contributed by atoms with E-state index in [-0.39, 0.29) is 37.9 Å². The SMILES string of the molecule is COC(=O)c1oc(C2=NOC(c3cc(Cl)c(Cl)c(Cl)c3)(C(F)(F)F)C2)cc1C. The fourth-order valence-corrected chi connectivity index (χ4v) is 3.34. The number of hydrogen-bond acceptors (Lipinski definition) is 5. The number of furan rings is 1. The van der Waals surface area contributed by atoms with Gasteiger partial charge in [-0.15, -0.1) is 0 Å². The number of alkyl halides is 3. The van der Waals surface area contributed by atoms with Crippen molar-refractivity contribution in [1.82, 2.24) is 0 Å². The number of benzene rings is 1. The number of halogens is 6. The molecule has 2 aromatic rings. The number of carbonyl (C=O) groups excluding carboxylic acids is 1. The number of rotatable bonds is 3. The Labute approximate surface area is 171 Å². The van der Waals surface area contributed by atoms with Crippen molar-refractivity contribution in [2.24, 2.45) is 5.16 Å². The molecular formula is C17H11Cl3F3NO4. The van der Waals surface area contributed by atoms with E-state index in [1.54, 1.807) is 6.92 Å². The van der Waals surface area contributed by atoms with E-state index in [1.807, 2.05) is 0 Å². The summed E-state index contributed by atoms with van der Waals surface area (Å²) in [5, 5.41) is 3.16. The van der Waals surface area contributed by atoms with Crippen molar-refractivity contribution in [3.8, 4) is 0 Å². The lowest BCUT2D eigenvalue weighted by molar-refractivity contribution is -0.275. The van der Waals surface area contributed by atoms with Crippen molar-refractivity contribution in [2.45, 2.75) is 25.1 Å². The van der Waals surface area contributed by atoms with Gasteiger partial charge in [0.25, 0.3) is 5.60 Å². The molecule has 0 aliphatic carbocycles. The molecule has 0 bridgehead atoms. The maximum Gasteiger partial charge on any atom is 0.435 e. The van der Waals surface area contributed by atoms with Gasteiger partial charge in [-0.3, -0.25) is 0 Å². The van der Waals surface area contributed by atoms with Crippen LogP contribution in [0.1, 0.15) is 33.9 Å². The van der Waals surface area contributed by atoms with Gasteiger partial charge in [0.1, 0.15) is 5.71 Å². The molecule has 1 atom stereocenters. The Morgan fingerprint density at radius 2 is 1.82 bits per heavy atom. The molecule has 150 valence electrons. The van der Waals surface area contributed by atoms with Crippen LogP contribution >= 0.6 is 34.8 Å². The van der Waals surface area contributed by atoms with Gasteiger partial charge >= 0.3 is 12.1 Å². The molecule has 0 fully saturated rings. The number of aryl methyl sites for hydroxylation is 1.